The van der Waals surface area contributed by atoms with Gasteiger partial charge in [-0.3, -0.25) is 0 Å². The highest BCUT2D eigenvalue weighted by Gasteiger charge is 2.19. The van der Waals surface area contributed by atoms with Gasteiger partial charge in [-0.15, -0.1) is 0 Å². The number of anilines is 9. The van der Waals surface area contributed by atoms with E-state index in [4.69, 9.17) is 0 Å². The zero-order valence-corrected chi connectivity index (χ0v) is 47.2. The van der Waals surface area contributed by atoms with E-state index < -0.39 is 0 Å². The topological polar surface area (TPSA) is 9.72 Å². The molecule has 3 heteroatoms. The van der Waals surface area contributed by atoms with Crippen molar-refractivity contribution in [1.29, 1.82) is 0 Å². The fourth-order valence-corrected chi connectivity index (χ4v) is 11.5. The van der Waals surface area contributed by atoms with Gasteiger partial charge < -0.3 is 14.7 Å². The Morgan fingerprint density at radius 2 is 0.488 bits per heavy atom. The highest BCUT2D eigenvalue weighted by Crippen LogP contribution is 2.41. The van der Waals surface area contributed by atoms with Gasteiger partial charge in [0.15, 0.2) is 0 Å². The highest BCUT2D eigenvalue weighted by atomic mass is 15.2. The normalized spacial score (nSPS) is 11.5. The van der Waals surface area contributed by atoms with Gasteiger partial charge in [0.1, 0.15) is 0 Å². The van der Waals surface area contributed by atoms with Crippen LogP contribution in [0.3, 0.4) is 0 Å². The first-order valence-electron chi connectivity index (χ1n) is 28.6. The van der Waals surface area contributed by atoms with Crippen molar-refractivity contribution in [2.75, 3.05) is 14.7 Å². The molecule has 3 nitrogen and oxygen atoms in total. The van der Waals surface area contributed by atoms with E-state index in [0.29, 0.717) is 0 Å². The van der Waals surface area contributed by atoms with Crippen LogP contribution in [0.4, 0.5) is 51.2 Å². The molecule has 0 spiro atoms. The summed E-state index contributed by atoms with van der Waals surface area (Å²) in [6, 6.07) is 111. The van der Waals surface area contributed by atoms with Crippen LogP contribution in [-0.2, 0) is 6.42 Å². The van der Waals surface area contributed by atoms with Crippen LogP contribution in [0.2, 0.25) is 0 Å². The second-order valence-electron chi connectivity index (χ2n) is 21.7. The van der Waals surface area contributed by atoms with Crippen LogP contribution in [0.5, 0.6) is 0 Å². The second-order valence-corrected chi connectivity index (χ2v) is 21.7. The first-order valence-corrected chi connectivity index (χ1v) is 28.6. The summed E-state index contributed by atoms with van der Waals surface area (Å²) < 4.78 is 0. The van der Waals surface area contributed by atoms with Crippen molar-refractivity contribution >= 4 is 51.2 Å². The molecule has 0 aliphatic carbocycles. The molecule has 0 radical (unpaired) electrons. The molecule has 398 valence electrons. The minimum atomic E-state index is 0.267. The zero-order valence-electron chi connectivity index (χ0n) is 47.2. The van der Waals surface area contributed by atoms with Crippen molar-refractivity contribution in [3.8, 4) is 33.4 Å². The van der Waals surface area contributed by atoms with Crippen LogP contribution in [-0.4, -0.2) is 0 Å². The van der Waals surface area contributed by atoms with Crippen molar-refractivity contribution < 1.29 is 0 Å². The van der Waals surface area contributed by atoms with Crippen molar-refractivity contribution in [2.24, 2.45) is 0 Å². The molecule has 12 aromatic carbocycles. The number of nitrogens with zero attached hydrogens (tertiary/aromatic N) is 3. The fourth-order valence-electron chi connectivity index (χ4n) is 11.5. The van der Waals surface area contributed by atoms with Gasteiger partial charge in [-0.2, -0.15) is 0 Å². The van der Waals surface area contributed by atoms with Gasteiger partial charge in [0.05, 0.1) is 0 Å². The van der Waals surface area contributed by atoms with Crippen LogP contribution >= 0.6 is 0 Å². The third-order valence-corrected chi connectivity index (χ3v) is 15.7. The fraction of sp³-hybridized carbons (Fsp3) is 0.0886. The molecule has 82 heavy (non-hydrogen) atoms. The minimum absolute atomic E-state index is 0.267. The third kappa shape index (κ3) is 12.0. The summed E-state index contributed by atoms with van der Waals surface area (Å²) in [6.07, 6.45) is 1.97. The van der Waals surface area contributed by atoms with Crippen molar-refractivity contribution in [3.63, 3.8) is 0 Å². The van der Waals surface area contributed by atoms with Crippen molar-refractivity contribution in [3.05, 3.63) is 342 Å². The molecular weight excluding hydrogens is 991 g/mol. The lowest BCUT2D eigenvalue weighted by Gasteiger charge is -2.26. The van der Waals surface area contributed by atoms with E-state index in [2.05, 4.69) is 346 Å². The van der Waals surface area contributed by atoms with E-state index in [9.17, 15) is 0 Å². The van der Waals surface area contributed by atoms with E-state index in [-0.39, 0.29) is 5.92 Å². The quantitative estimate of drug-likeness (QED) is 0.0900. The molecule has 1 unspecified atom stereocenters. The molecule has 0 aliphatic heterocycles. The van der Waals surface area contributed by atoms with Gasteiger partial charge in [0.2, 0.25) is 0 Å². The number of hydrogen-bond donors (Lipinski definition) is 0. The largest absolute Gasteiger partial charge is 0.311 e. The van der Waals surface area contributed by atoms with Crippen LogP contribution in [0.25, 0.3) is 33.4 Å². The van der Waals surface area contributed by atoms with Gasteiger partial charge in [0.25, 0.3) is 0 Å². The predicted octanol–water partition coefficient (Wildman–Crippen LogP) is 22.1. The van der Waals surface area contributed by atoms with Gasteiger partial charge in [0, 0.05) is 57.1 Å². The van der Waals surface area contributed by atoms with Crippen LogP contribution in [0.15, 0.2) is 303 Å². The SMILES string of the molecule is Cc1cccc(N(c2ccc(-c3ccc(C(CCc4ccc(-c5ccc(N(c6ccccc6)c6ccc(-c7ccc(N(c8cccc(C)c8)c8cccc(C)c8)cc7)cc6)cc5)cc4)c4ccccc4)cc3)cc2)c2cccc(C)c2)c1. The lowest BCUT2D eigenvalue weighted by Crippen LogP contribution is -2.10. The zero-order chi connectivity index (χ0) is 55.8. The molecule has 0 amide bonds. The molecule has 12 rings (SSSR count). The summed E-state index contributed by atoms with van der Waals surface area (Å²) in [6.45, 7) is 8.60. The maximum Gasteiger partial charge on any atom is 0.0464 e. The number of para-hydroxylation sites is 1. The number of benzene rings is 12. The Kier molecular flexibility index (Phi) is 15.6. The Morgan fingerprint density at radius 1 is 0.232 bits per heavy atom. The van der Waals surface area contributed by atoms with Crippen LogP contribution in [0, 0.1) is 27.7 Å². The average molecular weight is 1060 g/mol. The number of rotatable bonds is 17. The Labute approximate surface area is 485 Å². The lowest BCUT2D eigenvalue weighted by molar-refractivity contribution is 0.715. The van der Waals surface area contributed by atoms with E-state index in [0.717, 1.165) is 64.0 Å². The van der Waals surface area contributed by atoms with E-state index >= 15 is 0 Å². The molecule has 0 saturated carbocycles. The Balaban J connectivity index is 0.728. The molecule has 0 fully saturated rings. The molecule has 0 saturated heterocycles. The third-order valence-electron chi connectivity index (χ3n) is 15.7. The van der Waals surface area contributed by atoms with E-state index in [1.165, 1.54) is 72.3 Å². The van der Waals surface area contributed by atoms with Crippen LogP contribution in [0.1, 0.15) is 51.3 Å². The number of aryl methyl sites for hydroxylation is 5. The minimum Gasteiger partial charge on any atom is -0.311 e. The first-order chi connectivity index (χ1) is 40.3. The summed E-state index contributed by atoms with van der Waals surface area (Å²) in [5.41, 5.74) is 26.3. The molecular formula is C79H67N3. The predicted molar refractivity (Wildman–Crippen MR) is 349 cm³/mol. The van der Waals surface area contributed by atoms with E-state index in [1.807, 2.05) is 0 Å². The van der Waals surface area contributed by atoms with Crippen molar-refractivity contribution in [2.45, 2.75) is 46.5 Å². The maximum absolute atomic E-state index is 2.34. The van der Waals surface area contributed by atoms with E-state index in [1.54, 1.807) is 0 Å². The molecule has 0 aliphatic rings. The first kappa shape index (κ1) is 52.7. The van der Waals surface area contributed by atoms with Gasteiger partial charge >= 0.3 is 0 Å². The lowest BCUT2D eigenvalue weighted by atomic mass is 9.85. The van der Waals surface area contributed by atoms with Gasteiger partial charge in [-0.25, -0.2) is 0 Å². The summed E-state index contributed by atoms with van der Waals surface area (Å²) in [7, 11) is 0. The molecule has 0 aromatic heterocycles. The monoisotopic (exact) mass is 1060 g/mol. The smallest absolute Gasteiger partial charge is 0.0464 e. The molecule has 0 heterocycles. The Bertz CT molecular complexity index is 3950. The highest BCUT2D eigenvalue weighted by molar-refractivity contribution is 5.83. The molecule has 0 N–H and O–H groups in total. The summed E-state index contributed by atoms with van der Waals surface area (Å²) in [5, 5.41) is 0. The van der Waals surface area contributed by atoms with Crippen LogP contribution < -0.4 is 14.7 Å². The number of hydrogen-bond acceptors (Lipinski definition) is 3. The van der Waals surface area contributed by atoms with Crippen molar-refractivity contribution in [1.82, 2.24) is 0 Å². The molecule has 0 bridgehead atoms. The summed E-state index contributed by atoms with van der Waals surface area (Å²) in [5.74, 6) is 0.267. The Hall–Kier alpha value is -9.96. The molecule has 12 aromatic rings. The van der Waals surface area contributed by atoms with Gasteiger partial charge in [-0.05, 0) is 222 Å². The average Bonchev–Trinajstić information content (AvgIpc) is 3.66. The van der Waals surface area contributed by atoms with Gasteiger partial charge in [-0.1, -0.05) is 194 Å². The summed E-state index contributed by atoms with van der Waals surface area (Å²) in [4.78, 5) is 7.02. The maximum atomic E-state index is 2.34. The standard InChI is InChI=1S/C79H67N3/c1-57-15-11-23-75(53-57)81(76-24-12-16-58(2)54-76)73-48-40-65(41-49-73)63-32-34-69(35-33-63)79(68-19-7-5-8-20-68)52-29-61-27-30-62(31-28-61)64-36-44-71(45-37-64)80(70-21-9-6-10-22-70)72-46-38-66(39-47-72)67-42-50-74(51-43-67)82(77-25-13-17-59(3)55-77)78-26-14-18-60(4)56-78/h5-28,30-51,53-56,79H,29,52H2,1-4H3. The molecule has 1 atom stereocenters. The second kappa shape index (κ2) is 24.2. The summed E-state index contributed by atoms with van der Waals surface area (Å²) >= 11 is 0. The Morgan fingerprint density at radius 3 is 0.817 bits per heavy atom.